The summed E-state index contributed by atoms with van der Waals surface area (Å²) in [6, 6.07) is 17.5. The summed E-state index contributed by atoms with van der Waals surface area (Å²) in [4.78, 5) is 26.9. The lowest BCUT2D eigenvalue weighted by atomic mass is 10.1. The smallest absolute Gasteiger partial charge is 0.251 e. The standard InChI is InChI=1S/C30H35N7O/c1-37(2)18-6-4-3-5-15-33-30-34-17-14-27(36-30)23-8-10-24(11-9-23)29(38)32-16-13-22-7-12-28-26(19-22)25(20-31)21-35-28/h7-12,14,17,19,21,35H,3-6,13,15-16,18H2,1-2H3,(H,32,38)(H,33,34,36). The molecule has 4 rings (SSSR count). The van der Waals surface area contributed by atoms with Crippen LogP contribution in [0.2, 0.25) is 0 Å². The maximum Gasteiger partial charge on any atom is 0.251 e. The number of anilines is 1. The molecule has 0 bridgehead atoms. The van der Waals surface area contributed by atoms with Crippen LogP contribution < -0.4 is 10.6 Å². The number of nitriles is 1. The Hall–Kier alpha value is -4.22. The maximum atomic E-state index is 12.7. The highest BCUT2D eigenvalue weighted by Crippen LogP contribution is 2.20. The van der Waals surface area contributed by atoms with Crippen LogP contribution >= 0.6 is 0 Å². The molecule has 0 aliphatic carbocycles. The summed E-state index contributed by atoms with van der Waals surface area (Å²) in [6.45, 7) is 2.49. The fourth-order valence-corrected chi connectivity index (χ4v) is 4.34. The third-order valence-electron chi connectivity index (χ3n) is 6.48. The lowest BCUT2D eigenvalue weighted by molar-refractivity contribution is 0.0954. The Labute approximate surface area is 224 Å². The largest absolute Gasteiger partial charge is 0.360 e. The fraction of sp³-hybridized carbons (Fsp3) is 0.333. The molecule has 38 heavy (non-hydrogen) atoms. The van der Waals surface area contributed by atoms with E-state index in [-0.39, 0.29) is 5.91 Å². The van der Waals surface area contributed by atoms with Crippen LogP contribution in [0.1, 0.15) is 47.2 Å². The van der Waals surface area contributed by atoms with Gasteiger partial charge in [0.1, 0.15) is 6.07 Å². The molecule has 2 heterocycles. The van der Waals surface area contributed by atoms with Crippen LogP contribution in [-0.2, 0) is 6.42 Å². The fourth-order valence-electron chi connectivity index (χ4n) is 4.34. The SMILES string of the molecule is CN(C)CCCCCCNc1nccc(-c2ccc(C(=O)NCCc3ccc4[nH]cc(C#N)c4c3)cc2)n1. The van der Waals surface area contributed by atoms with Crippen LogP contribution in [0.3, 0.4) is 0 Å². The Morgan fingerprint density at radius 3 is 2.63 bits per heavy atom. The number of aromatic amines is 1. The second kappa shape index (κ2) is 13.4. The first-order chi connectivity index (χ1) is 18.5. The molecular weight excluding hydrogens is 474 g/mol. The van der Waals surface area contributed by atoms with Gasteiger partial charge in [-0.25, -0.2) is 9.97 Å². The van der Waals surface area contributed by atoms with Gasteiger partial charge in [0.05, 0.1) is 11.3 Å². The first kappa shape index (κ1) is 26.8. The molecule has 196 valence electrons. The zero-order valence-corrected chi connectivity index (χ0v) is 22.1. The minimum atomic E-state index is -0.118. The molecule has 4 aromatic rings. The number of hydrogen-bond donors (Lipinski definition) is 3. The number of rotatable bonds is 13. The van der Waals surface area contributed by atoms with Crippen molar-refractivity contribution in [3.8, 4) is 17.3 Å². The third kappa shape index (κ3) is 7.40. The van der Waals surface area contributed by atoms with Gasteiger partial charge in [-0.15, -0.1) is 0 Å². The number of unbranched alkanes of at least 4 members (excludes halogenated alkanes) is 3. The predicted molar refractivity (Wildman–Crippen MR) is 152 cm³/mol. The van der Waals surface area contributed by atoms with Crippen molar-refractivity contribution in [2.45, 2.75) is 32.1 Å². The molecule has 0 spiro atoms. The zero-order valence-electron chi connectivity index (χ0n) is 22.1. The molecule has 0 unspecified atom stereocenters. The van der Waals surface area contributed by atoms with E-state index in [0.717, 1.165) is 47.2 Å². The molecule has 0 atom stereocenters. The van der Waals surface area contributed by atoms with Gasteiger partial charge < -0.3 is 20.5 Å². The van der Waals surface area contributed by atoms with Gasteiger partial charge in [-0.2, -0.15) is 5.26 Å². The van der Waals surface area contributed by atoms with E-state index in [1.165, 1.54) is 19.3 Å². The van der Waals surface area contributed by atoms with Crippen molar-refractivity contribution in [3.63, 3.8) is 0 Å². The lowest BCUT2D eigenvalue weighted by Gasteiger charge is -2.09. The number of aromatic nitrogens is 3. The second-order valence-corrected chi connectivity index (χ2v) is 9.69. The van der Waals surface area contributed by atoms with Crippen molar-refractivity contribution in [1.82, 2.24) is 25.2 Å². The molecule has 0 aliphatic rings. The topological polar surface area (TPSA) is 110 Å². The van der Waals surface area contributed by atoms with Crippen molar-refractivity contribution in [1.29, 1.82) is 5.26 Å². The van der Waals surface area contributed by atoms with E-state index in [4.69, 9.17) is 0 Å². The summed E-state index contributed by atoms with van der Waals surface area (Å²) in [5.74, 6) is 0.505. The molecule has 0 aliphatic heterocycles. The lowest BCUT2D eigenvalue weighted by Crippen LogP contribution is -2.25. The molecule has 1 amide bonds. The molecular formula is C30H35N7O. The van der Waals surface area contributed by atoms with Crippen LogP contribution in [-0.4, -0.2) is 59.5 Å². The van der Waals surface area contributed by atoms with E-state index >= 15 is 0 Å². The molecule has 2 aromatic heterocycles. The van der Waals surface area contributed by atoms with Crippen molar-refractivity contribution in [2.24, 2.45) is 0 Å². The summed E-state index contributed by atoms with van der Waals surface area (Å²) in [5.41, 5.74) is 4.99. The third-order valence-corrected chi connectivity index (χ3v) is 6.48. The number of H-pyrrole nitrogens is 1. The van der Waals surface area contributed by atoms with Crippen molar-refractivity contribution in [3.05, 3.63) is 77.6 Å². The summed E-state index contributed by atoms with van der Waals surface area (Å²) >= 11 is 0. The van der Waals surface area contributed by atoms with Crippen molar-refractivity contribution < 1.29 is 4.79 Å². The van der Waals surface area contributed by atoms with Crippen LogP contribution in [0.15, 0.2) is 60.9 Å². The average Bonchev–Trinajstić information content (AvgIpc) is 3.35. The van der Waals surface area contributed by atoms with Gasteiger partial charge in [-0.1, -0.05) is 31.0 Å². The molecule has 0 fully saturated rings. The van der Waals surface area contributed by atoms with Gasteiger partial charge in [0.15, 0.2) is 0 Å². The van der Waals surface area contributed by atoms with Gasteiger partial charge in [-0.3, -0.25) is 4.79 Å². The van der Waals surface area contributed by atoms with Gasteiger partial charge in [0.2, 0.25) is 5.95 Å². The Morgan fingerprint density at radius 2 is 1.84 bits per heavy atom. The predicted octanol–water partition coefficient (Wildman–Crippen LogP) is 5.00. The van der Waals surface area contributed by atoms with E-state index in [9.17, 15) is 10.1 Å². The Balaban J connectivity index is 1.24. The molecule has 2 aromatic carbocycles. The number of carbonyl (C=O) groups excluding carboxylic acids is 1. The quantitative estimate of drug-likeness (QED) is 0.219. The van der Waals surface area contributed by atoms with Gasteiger partial charge in [0, 0.05) is 47.5 Å². The first-order valence-electron chi connectivity index (χ1n) is 13.1. The number of amides is 1. The molecule has 8 heteroatoms. The normalized spacial score (nSPS) is 11.0. The average molecular weight is 510 g/mol. The Kier molecular flexibility index (Phi) is 9.43. The highest BCUT2D eigenvalue weighted by atomic mass is 16.1. The summed E-state index contributed by atoms with van der Waals surface area (Å²) in [5, 5.41) is 16.5. The van der Waals surface area contributed by atoms with Gasteiger partial charge in [0.25, 0.3) is 5.91 Å². The summed E-state index contributed by atoms with van der Waals surface area (Å²) < 4.78 is 0. The summed E-state index contributed by atoms with van der Waals surface area (Å²) in [6.07, 6.45) is 8.89. The second-order valence-electron chi connectivity index (χ2n) is 9.69. The molecule has 0 saturated carbocycles. The summed E-state index contributed by atoms with van der Waals surface area (Å²) in [7, 11) is 4.21. The number of benzene rings is 2. The molecule has 3 N–H and O–H groups in total. The van der Waals surface area contributed by atoms with Crippen LogP contribution in [0.5, 0.6) is 0 Å². The number of nitrogens with one attached hydrogen (secondary N) is 3. The zero-order chi connectivity index (χ0) is 26.7. The first-order valence-corrected chi connectivity index (χ1v) is 13.1. The highest BCUT2D eigenvalue weighted by Gasteiger charge is 2.08. The minimum Gasteiger partial charge on any atom is -0.360 e. The van der Waals surface area contributed by atoms with E-state index in [2.05, 4.69) is 50.6 Å². The molecule has 0 saturated heterocycles. The minimum absolute atomic E-state index is 0.118. The van der Waals surface area contributed by atoms with Crippen molar-refractivity contribution >= 4 is 22.8 Å². The van der Waals surface area contributed by atoms with E-state index in [1.807, 2.05) is 48.5 Å². The van der Waals surface area contributed by atoms with Crippen LogP contribution in [0.4, 0.5) is 5.95 Å². The maximum absolute atomic E-state index is 12.7. The van der Waals surface area contributed by atoms with Gasteiger partial charge in [-0.05, 0) is 75.8 Å². The molecule has 0 radical (unpaired) electrons. The van der Waals surface area contributed by atoms with E-state index in [1.54, 1.807) is 12.4 Å². The number of fused-ring (bicyclic) bond motifs is 1. The highest BCUT2D eigenvalue weighted by molar-refractivity contribution is 5.94. The van der Waals surface area contributed by atoms with E-state index in [0.29, 0.717) is 30.0 Å². The van der Waals surface area contributed by atoms with Crippen molar-refractivity contribution in [2.75, 3.05) is 39.0 Å². The van der Waals surface area contributed by atoms with Crippen LogP contribution in [0.25, 0.3) is 22.2 Å². The molecule has 8 nitrogen and oxygen atoms in total. The number of nitrogens with zero attached hydrogens (tertiary/aromatic N) is 4. The Morgan fingerprint density at radius 1 is 1.03 bits per heavy atom. The monoisotopic (exact) mass is 509 g/mol. The van der Waals surface area contributed by atoms with E-state index < -0.39 is 0 Å². The Bertz CT molecular complexity index is 1390. The number of hydrogen-bond acceptors (Lipinski definition) is 6. The number of carbonyl (C=O) groups is 1. The van der Waals surface area contributed by atoms with Gasteiger partial charge >= 0.3 is 0 Å². The van der Waals surface area contributed by atoms with Crippen LogP contribution in [0, 0.1) is 11.3 Å².